The molecule has 0 saturated carbocycles. The molecule has 0 aliphatic heterocycles. The van der Waals surface area contributed by atoms with Gasteiger partial charge in [0, 0.05) is 0 Å². The van der Waals surface area contributed by atoms with Crippen LogP contribution in [0, 0.1) is 0 Å². The molecule has 76 valence electrons. The first-order valence-electron chi connectivity index (χ1n) is 5.57. The quantitative estimate of drug-likeness (QED) is 0.760. The molecule has 0 heterocycles. The first-order valence-corrected chi connectivity index (χ1v) is 5.57. The van der Waals surface area contributed by atoms with Crippen LogP contribution in [0.1, 0.15) is 43.7 Å². The van der Waals surface area contributed by atoms with Gasteiger partial charge in [0.2, 0.25) is 0 Å². The lowest BCUT2D eigenvalue weighted by Gasteiger charge is -2.34. The van der Waals surface area contributed by atoms with Crippen LogP contribution in [0.15, 0.2) is 24.3 Å². The maximum atomic E-state index is 10.5. The van der Waals surface area contributed by atoms with Crippen LogP contribution >= 0.6 is 0 Å². The molecule has 0 aromatic heterocycles. The van der Waals surface area contributed by atoms with E-state index in [9.17, 15) is 5.11 Å². The van der Waals surface area contributed by atoms with E-state index in [0.29, 0.717) is 0 Å². The highest BCUT2D eigenvalue weighted by Crippen LogP contribution is 2.38. The van der Waals surface area contributed by atoms with Gasteiger partial charge in [-0.3, -0.25) is 0 Å². The minimum Gasteiger partial charge on any atom is -0.385 e. The van der Waals surface area contributed by atoms with Gasteiger partial charge in [0.05, 0.1) is 5.60 Å². The second-order valence-electron chi connectivity index (χ2n) is 4.29. The molecule has 1 aromatic carbocycles. The van der Waals surface area contributed by atoms with Crippen LogP contribution in [-0.4, -0.2) is 5.11 Å². The van der Waals surface area contributed by atoms with Crippen molar-refractivity contribution in [2.24, 2.45) is 0 Å². The summed E-state index contributed by atoms with van der Waals surface area (Å²) in [6, 6.07) is 8.33. The van der Waals surface area contributed by atoms with E-state index in [1.165, 1.54) is 11.1 Å². The topological polar surface area (TPSA) is 20.2 Å². The maximum Gasteiger partial charge on any atom is 0.0899 e. The Bertz CT molecular complexity index is 319. The molecule has 1 unspecified atom stereocenters. The molecule has 0 bridgehead atoms. The van der Waals surface area contributed by atoms with Crippen LogP contribution < -0.4 is 0 Å². The average molecular weight is 190 g/mol. The van der Waals surface area contributed by atoms with Gasteiger partial charge in [-0.15, -0.1) is 0 Å². The SMILES string of the molecule is CCCC1(O)CCCc2ccccc21. The predicted molar refractivity (Wildman–Crippen MR) is 58.2 cm³/mol. The molecule has 0 amide bonds. The van der Waals surface area contributed by atoms with Crippen molar-refractivity contribution in [3.05, 3.63) is 35.4 Å². The lowest BCUT2D eigenvalue weighted by Crippen LogP contribution is -2.30. The van der Waals surface area contributed by atoms with Gasteiger partial charge in [-0.05, 0) is 36.8 Å². The second kappa shape index (κ2) is 3.74. The van der Waals surface area contributed by atoms with Crippen molar-refractivity contribution < 1.29 is 5.11 Å². The summed E-state index contributed by atoms with van der Waals surface area (Å²) in [5.41, 5.74) is 1.98. The van der Waals surface area contributed by atoms with Crippen molar-refractivity contribution in [3.8, 4) is 0 Å². The number of hydrogen-bond acceptors (Lipinski definition) is 1. The largest absolute Gasteiger partial charge is 0.385 e. The Balaban J connectivity index is 2.39. The fraction of sp³-hybridized carbons (Fsp3) is 0.538. The van der Waals surface area contributed by atoms with Crippen molar-refractivity contribution in [2.45, 2.75) is 44.6 Å². The Morgan fingerprint density at radius 3 is 2.93 bits per heavy atom. The smallest absolute Gasteiger partial charge is 0.0899 e. The molecule has 14 heavy (non-hydrogen) atoms. The molecule has 1 N–H and O–H groups in total. The summed E-state index contributed by atoms with van der Waals surface area (Å²) in [4.78, 5) is 0. The molecule has 2 rings (SSSR count). The number of rotatable bonds is 2. The van der Waals surface area contributed by atoms with Crippen LogP contribution in [-0.2, 0) is 12.0 Å². The molecule has 1 heteroatoms. The summed E-state index contributed by atoms with van der Waals surface area (Å²) >= 11 is 0. The normalized spacial score (nSPS) is 25.9. The van der Waals surface area contributed by atoms with Gasteiger partial charge in [-0.25, -0.2) is 0 Å². The molecule has 1 atom stereocenters. The third kappa shape index (κ3) is 1.57. The monoisotopic (exact) mass is 190 g/mol. The van der Waals surface area contributed by atoms with Crippen molar-refractivity contribution in [3.63, 3.8) is 0 Å². The Morgan fingerprint density at radius 1 is 1.36 bits per heavy atom. The molecule has 1 aliphatic rings. The van der Waals surface area contributed by atoms with Gasteiger partial charge in [0.1, 0.15) is 0 Å². The molecule has 1 aromatic rings. The van der Waals surface area contributed by atoms with E-state index in [-0.39, 0.29) is 0 Å². The molecular weight excluding hydrogens is 172 g/mol. The summed E-state index contributed by atoms with van der Waals surface area (Å²) in [5.74, 6) is 0. The molecular formula is C13H18O. The standard InChI is InChI=1S/C13H18O/c1-2-9-13(14)10-5-7-11-6-3-4-8-12(11)13/h3-4,6,8,14H,2,5,7,9-10H2,1H3. The highest BCUT2D eigenvalue weighted by Gasteiger charge is 2.32. The van der Waals surface area contributed by atoms with Gasteiger partial charge in [0.25, 0.3) is 0 Å². The summed E-state index contributed by atoms with van der Waals surface area (Å²) in [5, 5.41) is 10.5. The molecule has 0 saturated heterocycles. The lowest BCUT2D eigenvalue weighted by atomic mass is 9.77. The van der Waals surface area contributed by atoms with Crippen LogP contribution in [0.4, 0.5) is 0 Å². The number of fused-ring (bicyclic) bond motifs is 1. The fourth-order valence-electron chi connectivity index (χ4n) is 2.57. The number of aliphatic hydroxyl groups is 1. The fourth-order valence-corrected chi connectivity index (χ4v) is 2.57. The Kier molecular flexibility index (Phi) is 2.60. The van der Waals surface area contributed by atoms with E-state index in [1.807, 2.05) is 6.07 Å². The number of benzene rings is 1. The predicted octanol–water partition coefficient (Wildman–Crippen LogP) is 3.01. The molecule has 0 radical (unpaired) electrons. The van der Waals surface area contributed by atoms with Gasteiger partial charge >= 0.3 is 0 Å². The number of hydrogen-bond donors (Lipinski definition) is 1. The van der Waals surface area contributed by atoms with E-state index in [1.54, 1.807) is 0 Å². The molecule has 0 fully saturated rings. The first-order chi connectivity index (χ1) is 6.76. The molecule has 0 spiro atoms. The highest BCUT2D eigenvalue weighted by molar-refractivity contribution is 5.34. The van der Waals surface area contributed by atoms with Crippen molar-refractivity contribution >= 4 is 0 Å². The van der Waals surface area contributed by atoms with E-state index < -0.39 is 5.60 Å². The minimum atomic E-state index is -0.538. The zero-order chi connectivity index (χ0) is 10.0. The lowest BCUT2D eigenvalue weighted by molar-refractivity contribution is 0.00936. The van der Waals surface area contributed by atoms with Gasteiger partial charge < -0.3 is 5.11 Å². The van der Waals surface area contributed by atoms with Crippen molar-refractivity contribution in [2.75, 3.05) is 0 Å². The van der Waals surface area contributed by atoms with Crippen LogP contribution in [0.25, 0.3) is 0 Å². The maximum absolute atomic E-state index is 10.5. The molecule has 1 nitrogen and oxygen atoms in total. The van der Waals surface area contributed by atoms with Crippen molar-refractivity contribution in [1.82, 2.24) is 0 Å². The average Bonchev–Trinajstić information content (AvgIpc) is 2.19. The van der Waals surface area contributed by atoms with Crippen LogP contribution in [0.5, 0.6) is 0 Å². The molecule has 1 aliphatic carbocycles. The van der Waals surface area contributed by atoms with Crippen molar-refractivity contribution in [1.29, 1.82) is 0 Å². The zero-order valence-electron chi connectivity index (χ0n) is 8.79. The highest BCUT2D eigenvalue weighted by atomic mass is 16.3. The summed E-state index contributed by atoms with van der Waals surface area (Å²) in [6.45, 7) is 2.13. The number of aryl methyl sites for hydroxylation is 1. The van der Waals surface area contributed by atoms with Gasteiger partial charge in [0.15, 0.2) is 0 Å². The third-order valence-electron chi connectivity index (χ3n) is 3.22. The van der Waals surface area contributed by atoms with E-state index >= 15 is 0 Å². The second-order valence-corrected chi connectivity index (χ2v) is 4.29. The summed E-state index contributed by atoms with van der Waals surface area (Å²) < 4.78 is 0. The first kappa shape index (κ1) is 9.72. The Labute approximate surface area is 85.8 Å². The van der Waals surface area contributed by atoms with Gasteiger partial charge in [-0.1, -0.05) is 37.6 Å². The minimum absolute atomic E-state index is 0.538. The summed E-state index contributed by atoms with van der Waals surface area (Å²) in [7, 11) is 0. The Morgan fingerprint density at radius 2 is 2.14 bits per heavy atom. The van der Waals surface area contributed by atoms with Gasteiger partial charge in [-0.2, -0.15) is 0 Å². The third-order valence-corrected chi connectivity index (χ3v) is 3.22. The summed E-state index contributed by atoms with van der Waals surface area (Å²) in [6.07, 6.45) is 5.11. The van der Waals surface area contributed by atoms with E-state index in [4.69, 9.17) is 0 Å². The Hall–Kier alpha value is -0.820. The van der Waals surface area contributed by atoms with E-state index in [0.717, 1.165) is 32.1 Å². The van der Waals surface area contributed by atoms with Crippen LogP contribution in [0.3, 0.4) is 0 Å². The zero-order valence-corrected chi connectivity index (χ0v) is 8.79. The van der Waals surface area contributed by atoms with Crippen LogP contribution in [0.2, 0.25) is 0 Å². The van der Waals surface area contributed by atoms with E-state index in [2.05, 4.69) is 25.1 Å².